The SMILES string of the molecule is Fc1cc(C#Cc2ccc(C3CCCCC3)cc2)ccn1. The Kier molecular flexibility index (Phi) is 4.31. The van der Waals surface area contributed by atoms with Gasteiger partial charge in [-0.2, -0.15) is 4.39 Å². The van der Waals surface area contributed by atoms with Gasteiger partial charge in [-0.15, -0.1) is 0 Å². The zero-order valence-corrected chi connectivity index (χ0v) is 12.0. The second-order valence-corrected chi connectivity index (χ2v) is 5.57. The van der Waals surface area contributed by atoms with E-state index < -0.39 is 5.95 Å². The number of hydrogen-bond donors (Lipinski definition) is 0. The quantitative estimate of drug-likeness (QED) is 0.546. The first kappa shape index (κ1) is 13.8. The molecule has 1 heterocycles. The second-order valence-electron chi connectivity index (χ2n) is 5.57. The Labute approximate surface area is 125 Å². The number of nitrogens with zero attached hydrogens (tertiary/aromatic N) is 1. The van der Waals surface area contributed by atoms with Crippen molar-refractivity contribution in [2.75, 3.05) is 0 Å². The zero-order valence-electron chi connectivity index (χ0n) is 12.0. The van der Waals surface area contributed by atoms with E-state index in [1.807, 2.05) is 0 Å². The fourth-order valence-corrected chi connectivity index (χ4v) is 2.90. The summed E-state index contributed by atoms with van der Waals surface area (Å²) in [4.78, 5) is 3.52. The van der Waals surface area contributed by atoms with Gasteiger partial charge in [0.05, 0.1) is 0 Å². The van der Waals surface area contributed by atoms with E-state index in [0.717, 1.165) is 11.5 Å². The maximum atomic E-state index is 13.0. The molecule has 3 rings (SSSR count). The first-order valence-corrected chi connectivity index (χ1v) is 7.55. The largest absolute Gasteiger partial charge is 0.228 e. The average molecular weight is 279 g/mol. The number of pyridine rings is 1. The number of halogens is 1. The molecule has 0 saturated heterocycles. The minimum absolute atomic E-state index is 0.491. The first-order chi connectivity index (χ1) is 10.3. The predicted molar refractivity (Wildman–Crippen MR) is 82.4 cm³/mol. The van der Waals surface area contributed by atoms with Gasteiger partial charge in [0.25, 0.3) is 0 Å². The molecule has 0 unspecified atom stereocenters. The highest BCUT2D eigenvalue weighted by Crippen LogP contribution is 2.32. The number of benzene rings is 1. The van der Waals surface area contributed by atoms with Crippen molar-refractivity contribution < 1.29 is 4.39 Å². The predicted octanol–water partition coefficient (Wildman–Crippen LogP) is 4.67. The van der Waals surface area contributed by atoms with Crippen LogP contribution in [0.15, 0.2) is 42.6 Å². The van der Waals surface area contributed by atoms with Gasteiger partial charge in [-0.25, -0.2) is 4.98 Å². The van der Waals surface area contributed by atoms with Crippen molar-refractivity contribution in [3.63, 3.8) is 0 Å². The molecule has 1 aromatic carbocycles. The Morgan fingerprint density at radius 2 is 1.62 bits per heavy atom. The minimum atomic E-state index is -0.491. The molecule has 0 atom stereocenters. The lowest BCUT2D eigenvalue weighted by atomic mass is 9.84. The normalized spacial score (nSPS) is 15.3. The Hall–Kier alpha value is -2.14. The summed E-state index contributed by atoms with van der Waals surface area (Å²) in [5.74, 6) is 6.27. The molecule has 0 spiro atoms. The van der Waals surface area contributed by atoms with Crippen LogP contribution in [-0.4, -0.2) is 4.98 Å². The van der Waals surface area contributed by atoms with Crippen LogP contribution < -0.4 is 0 Å². The fourth-order valence-electron chi connectivity index (χ4n) is 2.90. The number of rotatable bonds is 1. The molecule has 2 aromatic rings. The van der Waals surface area contributed by atoms with Gasteiger partial charge in [0.1, 0.15) is 0 Å². The third kappa shape index (κ3) is 3.70. The minimum Gasteiger partial charge on any atom is -0.228 e. The highest BCUT2D eigenvalue weighted by atomic mass is 19.1. The Bertz CT molecular complexity index is 658. The van der Waals surface area contributed by atoms with E-state index in [2.05, 4.69) is 41.1 Å². The maximum Gasteiger partial charge on any atom is 0.214 e. The molecule has 0 radical (unpaired) electrons. The van der Waals surface area contributed by atoms with Crippen LogP contribution in [0.2, 0.25) is 0 Å². The van der Waals surface area contributed by atoms with Crippen molar-refractivity contribution in [3.8, 4) is 11.8 Å². The van der Waals surface area contributed by atoms with Gasteiger partial charge >= 0.3 is 0 Å². The summed E-state index contributed by atoms with van der Waals surface area (Å²) in [5, 5.41) is 0. The highest BCUT2D eigenvalue weighted by Gasteiger charge is 2.14. The standard InChI is InChI=1S/C19H18FN/c20-19-14-16(12-13-21-19)7-6-15-8-10-18(11-9-15)17-4-2-1-3-5-17/h8-14,17H,1-5H2. The van der Waals surface area contributed by atoms with Gasteiger partial charge in [0.2, 0.25) is 5.95 Å². The van der Waals surface area contributed by atoms with Gasteiger partial charge in [0.15, 0.2) is 0 Å². The van der Waals surface area contributed by atoms with Crippen molar-refractivity contribution in [2.45, 2.75) is 38.0 Å². The summed E-state index contributed by atoms with van der Waals surface area (Å²) in [6.07, 6.45) is 8.12. The van der Waals surface area contributed by atoms with E-state index >= 15 is 0 Å². The van der Waals surface area contributed by atoms with E-state index in [0.29, 0.717) is 5.56 Å². The average Bonchev–Trinajstić information content (AvgIpc) is 2.54. The van der Waals surface area contributed by atoms with E-state index in [1.54, 1.807) is 6.07 Å². The Morgan fingerprint density at radius 1 is 0.905 bits per heavy atom. The maximum absolute atomic E-state index is 13.0. The third-order valence-electron chi connectivity index (χ3n) is 4.07. The van der Waals surface area contributed by atoms with Crippen LogP contribution in [0, 0.1) is 17.8 Å². The van der Waals surface area contributed by atoms with Crippen molar-refractivity contribution in [1.29, 1.82) is 0 Å². The van der Waals surface area contributed by atoms with E-state index in [1.165, 1.54) is 49.9 Å². The van der Waals surface area contributed by atoms with Crippen LogP contribution in [0.3, 0.4) is 0 Å². The van der Waals surface area contributed by atoms with Gasteiger partial charge in [-0.1, -0.05) is 43.2 Å². The van der Waals surface area contributed by atoms with E-state index in [4.69, 9.17) is 0 Å². The summed E-state index contributed by atoms with van der Waals surface area (Å²) in [6, 6.07) is 11.6. The summed E-state index contributed by atoms with van der Waals surface area (Å²) in [7, 11) is 0. The molecule has 2 heteroatoms. The lowest BCUT2D eigenvalue weighted by Crippen LogP contribution is -2.04. The molecule has 1 nitrogen and oxygen atoms in total. The van der Waals surface area contributed by atoms with Crippen LogP contribution in [-0.2, 0) is 0 Å². The zero-order chi connectivity index (χ0) is 14.5. The summed E-state index contributed by atoms with van der Waals surface area (Å²) in [6.45, 7) is 0. The summed E-state index contributed by atoms with van der Waals surface area (Å²) < 4.78 is 13.0. The molecule has 1 aliphatic carbocycles. The lowest BCUT2D eigenvalue weighted by molar-refractivity contribution is 0.443. The van der Waals surface area contributed by atoms with Crippen LogP contribution >= 0.6 is 0 Å². The molecular formula is C19H18FN. The molecule has 106 valence electrons. The molecule has 0 N–H and O–H groups in total. The molecule has 0 amide bonds. The van der Waals surface area contributed by atoms with Crippen molar-refractivity contribution in [2.24, 2.45) is 0 Å². The lowest BCUT2D eigenvalue weighted by Gasteiger charge is -2.21. The highest BCUT2D eigenvalue weighted by molar-refractivity contribution is 5.43. The molecule has 1 saturated carbocycles. The van der Waals surface area contributed by atoms with Crippen LogP contribution in [0.5, 0.6) is 0 Å². The van der Waals surface area contributed by atoms with Gasteiger partial charge < -0.3 is 0 Å². The summed E-state index contributed by atoms with van der Waals surface area (Å²) >= 11 is 0. The molecule has 0 bridgehead atoms. The first-order valence-electron chi connectivity index (χ1n) is 7.55. The number of hydrogen-bond acceptors (Lipinski definition) is 1. The molecule has 1 aliphatic rings. The topological polar surface area (TPSA) is 12.9 Å². The van der Waals surface area contributed by atoms with Gasteiger partial charge in [-0.05, 0) is 42.5 Å². The van der Waals surface area contributed by atoms with Gasteiger partial charge in [0, 0.05) is 23.4 Å². The van der Waals surface area contributed by atoms with E-state index in [-0.39, 0.29) is 0 Å². The molecule has 1 aromatic heterocycles. The molecule has 1 fully saturated rings. The smallest absolute Gasteiger partial charge is 0.214 e. The van der Waals surface area contributed by atoms with Gasteiger partial charge in [-0.3, -0.25) is 0 Å². The molecule has 21 heavy (non-hydrogen) atoms. The van der Waals surface area contributed by atoms with Crippen molar-refractivity contribution in [1.82, 2.24) is 4.98 Å². The number of aromatic nitrogens is 1. The fraction of sp³-hybridized carbons (Fsp3) is 0.316. The van der Waals surface area contributed by atoms with Crippen LogP contribution in [0.25, 0.3) is 0 Å². The van der Waals surface area contributed by atoms with Crippen molar-refractivity contribution >= 4 is 0 Å². The van der Waals surface area contributed by atoms with Crippen LogP contribution in [0.1, 0.15) is 54.7 Å². The molecular weight excluding hydrogens is 261 g/mol. The Balaban J connectivity index is 1.73. The molecule has 0 aliphatic heterocycles. The Morgan fingerprint density at radius 3 is 2.33 bits per heavy atom. The second kappa shape index (κ2) is 6.54. The van der Waals surface area contributed by atoms with Crippen molar-refractivity contribution in [3.05, 3.63) is 65.2 Å². The monoisotopic (exact) mass is 279 g/mol. The summed E-state index contributed by atoms with van der Waals surface area (Å²) in [5.41, 5.74) is 3.04. The van der Waals surface area contributed by atoms with Crippen LogP contribution in [0.4, 0.5) is 4.39 Å². The van der Waals surface area contributed by atoms with E-state index in [9.17, 15) is 4.39 Å². The third-order valence-corrected chi connectivity index (χ3v) is 4.07.